The summed E-state index contributed by atoms with van der Waals surface area (Å²) in [6, 6.07) is 18.4. The summed E-state index contributed by atoms with van der Waals surface area (Å²) in [5, 5.41) is 5.29. The molecule has 1 amide bonds. The second-order valence-electron chi connectivity index (χ2n) is 7.27. The molecule has 162 valence electrons. The Morgan fingerprint density at radius 3 is 2.50 bits per heavy atom. The number of fused-ring (bicyclic) bond motifs is 2. The molecular formula is C25H21NO6. The average Bonchev–Trinajstić information content (AvgIpc) is 2.82. The molecule has 0 fully saturated rings. The lowest BCUT2D eigenvalue weighted by Crippen LogP contribution is -2.43. The molecule has 0 radical (unpaired) electrons. The molecule has 3 aromatic carbocycles. The Balaban J connectivity index is 1.65. The van der Waals surface area contributed by atoms with Crippen LogP contribution in [0.2, 0.25) is 0 Å². The molecule has 1 aromatic heterocycles. The number of amides is 1. The fraction of sp³-hybridized carbons (Fsp3) is 0.160. The fourth-order valence-corrected chi connectivity index (χ4v) is 3.63. The van der Waals surface area contributed by atoms with Gasteiger partial charge in [0.15, 0.2) is 0 Å². The van der Waals surface area contributed by atoms with Crippen LogP contribution in [0.4, 0.5) is 0 Å². The summed E-state index contributed by atoms with van der Waals surface area (Å²) in [6.45, 7) is 0. The van der Waals surface area contributed by atoms with Crippen molar-refractivity contribution in [2.75, 3.05) is 14.2 Å². The Morgan fingerprint density at radius 2 is 1.75 bits per heavy atom. The first-order valence-electron chi connectivity index (χ1n) is 9.97. The monoisotopic (exact) mass is 431 g/mol. The maximum Gasteiger partial charge on any atom is 0.336 e. The largest absolute Gasteiger partial charge is 0.497 e. The van der Waals surface area contributed by atoms with E-state index < -0.39 is 23.5 Å². The first-order chi connectivity index (χ1) is 15.5. The van der Waals surface area contributed by atoms with Gasteiger partial charge in [-0.15, -0.1) is 0 Å². The van der Waals surface area contributed by atoms with Gasteiger partial charge in [-0.1, -0.05) is 30.3 Å². The molecule has 0 saturated carbocycles. The summed E-state index contributed by atoms with van der Waals surface area (Å²) >= 11 is 0. The third-order valence-electron chi connectivity index (χ3n) is 5.26. The summed E-state index contributed by atoms with van der Waals surface area (Å²) < 4.78 is 15.3. The minimum atomic E-state index is -0.994. The molecule has 0 spiro atoms. The van der Waals surface area contributed by atoms with Crippen molar-refractivity contribution in [2.24, 2.45) is 0 Å². The molecule has 32 heavy (non-hydrogen) atoms. The Hall–Kier alpha value is -4.13. The molecule has 4 aromatic rings. The zero-order valence-electron chi connectivity index (χ0n) is 17.6. The van der Waals surface area contributed by atoms with Crippen molar-refractivity contribution in [3.05, 3.63) is 88.3 Å². The summed E-state index contributed by atoms with van der Waals surface area (Å²) in [4.78, 5) is 37.4. The van der Waals surface area contributed by atoms with Crippen LogP contribution in [0.3, 0.4) is 0 Å². The van der Waals surface area contributed by atoms with E-state index in [1.165, 1.54) is 20.3 Å². The van der Waals surface area contributed by atoms with Crippen LogP contribution in [-0.2, 0) is 16.0 Å². The van der Waals surface area contributed by atoms with Crippen molar-refractivity contribution >= 4 is 33.6 Å². The fourth-order valence-electron chi connectivity index (χ4n) is 3.63. The predicted octanol–water partition coefficient (Wildman–Crippen LogP) is 3.47. The topological polar surface area (TPSA) is 94.8 Å². The van der Waals surface area contributed by atoms with Crippen LogP contribution in [0.15, 0.2) is 75.9 Å². The SMILES string of the molecule is COC(=O)[C@@H](Cc1cc(=O)oc2cc(OC)ccc12)NC(=O)c1ccc2ccccc2c1. The molecule has 7 nitrogen and oxygen atoms in total. The summed E-state index contributed by atoms with van der Waals surface area (Å²) in [7, 11) is 2.76. The molecule has 0 unspecified atom stereocenters. The Morgan fingerprint density at radius 1 is 0.969 bits per heavy atom. The van der Waals surface area contributed by atoms with Crippen LogP contribution in [0.25, 0.3) is 21.7 Å². The molecule has 0 aliphatic rings. The molecule has 1 heterocycles. The van der Waals surface area contributed by atoms with Gasteiger partial charge < -0.3 is 19.2 Å². The second kappa shape index (κ2) is 8.93. The van der Waals surface area contributed by atoms with Crippen LogP contribution in [0.1, 0.15) is 15.9 Å². The predicted molar refractivity (Wildman–Crippen MR) is 120 cm³/mol. The smallest absolute Gasteiger partial charge is 0.336 e. The molecule has 1 atom stereocenters. The Kier molecular flexibility index (Phi) is 5.89. The van der Waals surface area contributed by atoms with Gasteiger partial charge >= 0.3 is 11.6 Å². The molecule has 0 aliphatic heterocycles. The van der Waals surface area contributed by atoms with E-state index in [1.54, 1.807) is 30.3 Å². The van der Waals surface area contributed by atoms with Gasteiger partial charge in [-0.05, 0) is 40.6 Å². The average molecular weight is 431 g/mol. The van der Waals surface area contributed by atoms with Gasteiger partial charge in [-0.25, -0.2) is 9.59 Å². The standard InChI is InChI=1S/C25H21NO6/c1-30-19-9-10-20-18(13-23(27)32-22(20)14-19)12-21(25(29)31-2)26-24(28)17-8-7-15-5-3-4-6-16(15)11-17/h3-11,13-14,21H,12H2,1-2H3,(H,26,28)/t21-/m1/s1. The first-order valence-corrected chi connectivity index (χ1v) is 9.97. The molecule has 0 aliphatic carbocycles. The van der Waals surface area contributed by atoms with Crippen molar-refractivity contribution < 1.29 is 23.5 Å². The minimum Gasteiger partial charge on any atom is -0.497 e. The molecule has 4 rings (SSSR count). The van der Waals surface area contributed by atoms with Crippen LogP contribution >= 0.6 is 0 Å². The van der Waals surface area contributed by atoms with E-state index in [-0.39, 0.29) is 6.42 Å². The molecule has 7 heteroatoms. The third-order valence-corrected chi connectivity index (χ3v) is 5.26. The van der Waals surface area contributed by atoms with Crippen LogP contribution in [0.5, 0.6) is 5.75 Å². The molecule has 1 N–H and O–H groups in total. The van der Waals surface area contributed by atoms with Crippen molar-refractivity contribution in [2.45, 2.75) is 12.5 Å². The summed E-state index contributed by atoms with van der Waals surface area (Å²) in [6.07, 6.45) is 0.0560. The number of hydrogen-bond donors (Lipinski definition) is 1. The second-order valence-corrected chi connectivity index (χ2v) is 7.27. The van der Waals surface area contributed by atoms with Crippen molar-refractivity contribution in [1.82, 2.24) is 5.32 Å². The number of ether oxygens (including phenoxy) is 2. The zero-order valence-corrected chi connectivity index (χ0v) is 17.6. The number of nitrogens with one attached hydrogen (secondary N) is 1. The summed E-state index contributed by atoms with van der Waals surface area (Å²) in [5.74, 6) is -0.499. The highest BCUT2D eigenvalue weighted by atomic mass is 16.5. The highest BCUT2D eigenvalue weighted by molar-refractivity contribution is 6.00. The number of carbonyl (C=O) groups is 2. The molecular weight excluding hydrogens is 410 g/mol. The van der Waals surface area contributed by atoms with E-state index in [2.05, 4.69) is 5.32 Å². The lowest BCUT2D eigenvalue weighted by Gasteiger charge is -2.17. The van der Waals surface area contributed by atoms with E-state index >= 15 is 0 Å². The first kappa shape index (κ1) is 21.1. The maximum absolute atomic E-state index is 12.9. The molecule has 0 bridgehead atoms. The summed E-state index contributed by atoms with van der Waals surface area (Å²) in [5.41, 5.74) is 0.731. The Labute approximate surface area is 183 Å². The van der Waals surface area contributed by atoms with Gasteiger partial charge in [0.2, 0.25) is 0 Å². The number of methoxy groups -OCH3 is 2. The lowest BCUT2D eigenvalue weighted by molar-refractivity contribution is -0.142. The number of benzene rings is 3. The quantitative estimate of drug-likeness (QED) is 0.371. The number of hydrogen-bond acceptors (Lipinski definition) is 6. The minimum absolute atomic E-state index is 0.0560. The zero-order chi connectivity index (χ0) is 22.7. The van der Waals surface area contributed by atoms with E-state index in [0.29, 0.717) is 27.8 Å². The van der Waals surface area contributed by atoms with Gasteiger partial charge in [0, 0.05) is 29.5 Å². The third kappa shape index (κ3) is 4.32. The van der Waals surface area contributed by atoms with E-state index in [1.807, 2.05) is 30.3 Å². The number of esters is 1. The van der Waals surface area contributed by atoms with Gasteiger partial charge in [0.05, 0.1) is 14.2 Å². The number of carbonyl (C=O) groups excluding carboxylic acids is 2. The lowest BCUT2D eigenvalue weighted by atomic mass is 10.0. The van der Waals surface area contributed by atoms with Crippen LogP contribution in [-0.4, -0.2) is 32.1 Å². The van der Waals surface area contributed by atoms with Gasteiger partial charge in [-0.3, -0.25) is 4.79 Å². The van der Waals surface area contributed by atoms with Gasteiger partial charge in [-0.2, -0.15) is 0 Å². The van der Waals surface area contributed by atoms with Gasteiger partial charge in [0.1, 0.15) is 17.4 Å². The van der Waals surface area contributed by atoms with E-state index in [9.17, 15) is 14.4 Å². The number of rotatable bonds is 6. The maximum atomic E-state index is 12.9. The molecule has 0 saturated heterocycles. The Bertz CT molecular complexity index is 1370. The van der Waals surface area contributed by atoms with E-state index in [4.69, 9.17) is 13.9 Å². The van der Waals surface area contributed by atoms with Crippen LogP contribution in [0, 0.1) is 0 Å². The van der Waals surface area contributed by atoms with E-state index in [0.717, 1.165) is 10.8 Å². The van der Waals surface area contributed by atoms with Crippen molar-refractivity contribution in [3.63, 3.8) is 0 Å². The highest BCUT2D eigenvalue weighted by Crippen LogP contribution is 2.24. The van der Waals surface area contributed by atoms with Crippen molar-refractivity contribution in [3.8, 4) is 5.75 Å². The van der Waals surface area contributed by atoms with Gasteiger partial charge in [0.25, 0.3) is 5.91 Å². The van der Waals surface area contributed by atoms with Crippen molar-refractivity contribution in [1.29, 1.82) is 0 Å². The van der Waals surface area contributed by atoms with Crippen LogP contribution < -0.4 is 15.7 Å². The highest BCUT2D eigenvalue weighted by Gasteiger charge is 2.24. The normalized spacial score (nSPS) is 11.8.